The Morgan fingerprint density at radius 1 is 1.00 bits per heavy atom. The van der Waals surface area contributed by atoms with E-state index in [1.165, 1.54) is 20.3 Å². The Kier molecular flexibility index (Phi) is 7.76. The molecule has 2 rings (SSSR count). The van der Waals surface area contributed by atoms with E-state index in [0.29, 0.717) is 30.4 Å². The number of methoxy groups -OCH3 is 2. The maximum Gasteiger partial charge on any atom is 0.341 e. The molecule has 2 aliphatic rings. The SMILES string of the molecule is CCCCC1=C[C@H](C(=O)O)[C@H]2C(=O)C(C(=O)OC)=C(CCCC)[C@H]2[C@H]1C(=O)OC. The lowest BCUT2D eigenvalue weighted by atomic mass is 9.65. The molecule has 7 heteroatoms. The third-order valence-electron chi connectivity index (χ3n) is 5.95. The Hall–Kier alpha value is -2.44. The first-order chi connectivity index (χ1) is 13.8. The second-order valence-corrected chi connectivity index (χ2v) is 7.62. The van der Waals surface area contributed by atoms with Crippen LogP contribution in [0.4, 0.5) is 0 Å². The summed E-state index contributed by atoms with van der Waals surface area (Å²) in [5.41, 5.74) is 1.14. The predicted molar refractivity (Wildman–Crippen MR) is 105 cm³/mol. The van der Waals surface area contributed by atoms with E-state index in [-0.39, 0.29) is 5.57 Å². The van der Waals surface area contributed by atoms with Gasteiger partial charge in [0.25, 0.3) is 0 Å². The third-order valence-corrected chi connectivity index (χ3v) is 5.95. The summed E-state index contributed by atoms with van der Waals surface area (Å²) in [5.74, 6) is -6.47. The number of esters is 2. The van der Waals surface area contributed by atoms with E-state index >= 15 is 0 Å². The van der Waals surface area contributed by atoms with Crippen molar-refractivity contribution in [2.75, 3.05) is 14.2 Å². The van der Waals surface area contributed by atoms with E-state index < -0.39 is 47.4 Å². The summed E-state index contributed by atoms with van der Waals surface area (Å²) in [6.45, 7) is 3.99. The molecular weight excluding hydrogens is 376 g/mol. The van der Waals surface area contributed by atoms with Crippen molar-refractivity contribution in [3.05, 3.63) is 22.8 Å². The Balaban J connectivity index is 2.69. The summed E-state index contributed by atoms with van der Waals surface area (Å²) >= 11 is 0. The molecule has 0 aromatic rings. The summed E-state index contributed by atoms with van der Waals surface area (Å²) in [6, 6.07) is 0. The third kappa shape index (κ3) is 4.28. The summed E-state index contributed by atoms with van der Waals surface area (Å²) in [6.07, 6.45) is 5.73. The maximum atomic E-state index is 13.2. The van der Waals surface area contributed by atoms with Crippen molar-refractivity contribution in [3.8, 4) is 0 Å². The van der Waals surface area contributed by atoms with Crippen LogP contribution < -0.4 is 0 Å². The number of carbonyl (C=O) groups excluding carboxylic acids is 3. The van der Waals surface area contributed by atoms with Gasteiger partial charge in [-0.15, -0.1) is 0 Å². The normalized spacial score (nSPS) is 26.1. The first kappa shape index (κ1) is 22.8. The minimum Gasteiger partial charge on any atom is -0.481 e. The number of carbonyl (C=O) groups is 4. The van der Waals surface area contributed by atoms with Crippen LogP contribution in [-0.2, 0) is 28.7 Å². The number of ether oxygens (including phenoxy) is 2. The van der Waals surface area contributed by atoms with Crippen LogP contribution in [-0.4, -0.2) is 43.0 Å². The number of Topliss-reactive ketones (excluding diaryl/α,β-unsaturated/α-hetero) is 1. The van der Waals surface area contributed by atoms with Crippen LogP contribution >= 0.6 is 0 Å². The Labute approximate surface area is 171 Å². The van der Waals surface area contributed by atoms with Gasteiger partial charge in [-0.1, -0.05) is 38.3 Å². The lowest BCUT2D eigenvalue weighted by Gasteiger charge is -2.37. The molecule has 0 heterocycles. The molecule has 4 atom stereocenters. The molecule has 0 radical (unpaired) electrons. The number of carboxylic acid groups (broad SMARTS) is 1. The highest BCUT2D eigenvalue weighted by Crippen LogP contribution is 2.52. The van der Waals surface area contributed by atoms with Crippen LogP contribution in [0, 0.1) is 23.7 Å². The van der Waals surface area contributed by atoms with Gasteiger partial charge in [-0.2, -0.15) is 0 Å². The van der Waals surface area contributed by atoms with Gasteiger partial charge in [0.2, 0.25) is 0 Å². The van der Waals surface area contributed by atoms with Crippen LogP contribution in [0.2, 0.25) is 0 Å². The lowest BCUT2D eigenvalue weighted by molar-refractivity contribution is -0.151. The Morgan fingerprint density at radius 3 is 2.14 bits per heavy atom. The van der Waals surface area contributed by atoms with Gasteiger partial charge in [-0.3, -0.25) is 14.4 Å². The van der Waals surface area contributed by atoms with Gasteiger partial charge >= 0.3 is 17.9 Å². The molecule has 0 saturated heterocycles. The van der Waals surface area contributed by atoms with Crippen LogP contribution in [0.25, 0.3) is 0 Å². The van der Waals surface area contributed by atoms with E-state index in [1.807, 2.05) is 13.8 Å². The van der Waals surface area contributed by atoms with Gasteiger partial charge in [-0.25, -0.2) is 4.79 Å². The fourth-order valence-corrected chi connectivity index (χ4v) is 4.60. The molecule has 0 unspecified atom stereocenters. The zero-order valence-electron chi connectivity index (χ0n) is 17.5. The number of unbranched alkanes of at least 4 members (excludes halogenated alkanes) is 2. The fourth-order valence-electron chi connectivity index (χ4n) is 4.60. The molecule has 0 aromatic carbocycles. The molecule has 0 bridgehead atoms. The summed E-state index contributed by atoms with van der Waals surface area (Å²) < 4.78 is 9.87. The largest absolute Gasteiger partial charge is 0.481 e. The maximum absolute atomic E-state index is 13.2. The predicted octanol–water partition coefficient (Wildman–Crippen LogP) is 3.08. The van der Waals surface area contributed by atoms with Crippen molar-refractivity contribution in [1.82, 2.24) is 0 Å². The lowest BCUT2D eigenvalue weighted by Crippen LogP contribution is -2.42. The number of hydrogen-bond donors (Lipinski definition) is 1. The van der Waals surface area contributed by atoms with Crippen molar-refractivity contribution in [1.29, 1.82) is 0 Å². The number of hydrogen-bond acceptors (Lipinski definition) is 6. The molecule has 7 nitrogen and oxygen atoms in total. The van der Waals surface area contributed by atoms with Gasteiger partial charge in [0.1, 0.15) is 5.57 Å². The van der Waals surface area contributed by atoms with E-state index in [4.69, 9.17) is 9.47 Å². The summed E-state index contributed by atoms with van der Waals surface area (Å²) in [4.78, 5) is 50.4. The number of ketones is 1. The molecule has 0 amide bonds. The van der Waals surface area contributed by atoms with E-state index in [2.05, 4.69) is 0 Å². The van der Waals surface area contributed by atoms with Gasteiger partial charge in [0.15, 0.2) is 5.78 Å². The van der Waals surface area contributed by atoms with Gasteiger partial charge in [-0.05, 0) is 31.3 Å². The van der Waals surface area contributed by atoms with E-state index in [1.54, 1.807) is 0 Å². The van der Waals surface area contributed by atoms with Crippen molar-refractivity contribution in [3.63, 3.8) is 0 Å². The number of aliphatic carboxylic acids is 1. The highest BCUT2D eigenvalue weighted by atomic mass is 16.5. The number of allylic oxidation sites excluding steroid dienone is 1. The summed E-state index contributed by atoms with van der Waals surface area (Å²) in [7, 11) is 2.48. The summed E-state index contributed by atoms with van der Waals surface area (Å²) in [5, 5.41) is 9.83. The smallest absolute Gasteiger partial charge is 0.341 e. The Bertz CT molecular complexity index is 746. The average Bonchev–Trinajstić information content (AvgIpc) is 3.00. The van der Waals surface area contributed by atoms with Crippen LogP contribution in [0.5, 0.6) is 0 Å². The zero-order valence-corrected chi connectivity index (χ0v) is 17.5. The highest BCUT2D eigenvalue weighted by Gasteiger charge is 2.56. The van der Waals surface area contributed by atoms with Crippen molar-refractivity contribution < 1.29 is 33.8 Å². The Morgan fingerprint density at radius 2 is 1.62 bits per heavy atom. The minimum absolute atomic E-state index is 0.0822. The molecule has 1 N–H and O–H groups in total. The van der Waals surface area contributed by atoms with Crippen LogP contribution in [0.1, 0.15) is 52.4 Å². The van der Waals surface area contributed by atoms with Crippen LogP contribution in [0.15, 0.2) is 22.8 Å². The second-order valence-electron chi connectivity index (χ2n) is 7.62. The first-order valence-corrected chi connectivity index (χ1v) is 10.2. The van der Waals surface area contributed by atoms with Crippen molar-refractivity contribution >= 4 is 23.7 Å². The van der Waals surface area contributed by atoms with E-state index in [9.17, 15) is 24.3 Å². The molecule has 0 saturated carbocycles. The topological polar surface area (TPSA) is 107 Å². The van der Waals surface area contributed by atoms with Crippen LogP contribution in [0.3, 0.4) is 0 Å². The van der Waals surface area contributed by atoms with E-state index in [0.717, 1.165) is 19.3 Å². The zero-order chi connectivity index (χ0) is 21.7. The standard InChI is InChI=1S/C22H30O7/c1-5-7-9-12-11-14(20(24)25)17-16(15(12)21(26)28-3)13(10-8-6-2)18(19(17)23)22(27)29-4/h11,14-17H,5-10H2,1-4H3,(H,24,25)/t14-,15-,16-,17+/m0/s1. The highest BCUT2D eigenvalue weighted by molar-refractivity contribution is 6.21. The number of carboxylic acids is 1. The first-order valence-electron chi connectivity index (χ1n) is 10.2. The molecule has 0 fully saturated rings. The molecule has 0 aromatic heterocycles. The molecular formula is C22H30O7. The molecule has 2 aliphatic carbocycles. The molecule has 160 valence electrons. The van der Waals surface area contributed by atoms with Crippen molar-refractivity contribution in [2.24, 2.45) is 23.7 Å². The average molecular weight is 406 g/mol. The minimum atomic E-state index is -1.13. The number of fused-ring (bicyclic) bond motifs is 1. The molecule has 0 aliphatic heterocycles. The second kappa shape index (κ2) is 9.85. The van der Waals surface area contributed by atoms with Crippen molar-refractivity contribution in [2.45, 2.75) is 52.4 Å². The van der Waals surface area contributed by atoms with Gasteiger partial charge in [0.05, 0.1) is 26.1 Å². The molecule has 0 spiro atoms. The van der Waals surface area contributed by atoms with Gasteiger partial charge in [0, 0.05) is 11.8 Å². The van der Waals surface area contributed by atoms with Gasteiger partial charge < -0.3 is 14.6 Å². The fraction of sp³-hybridized carbons (Fsp3) is 0.636. The number of rotatable bonds is 9. The monoisotopic (exact) mass is 406 g/mol. The molecule has 29 heavy (non-hydrogen) atoms. The quantitative estimate of drug-likeness (QED) is 0.356.